The number of amides is 1. The van der Waals surface area contributed by atoms with Crippen molar-refractivity contribution < 1.29 is 9.18 Å². The van der Waals surface area contributed by atoms with Crippen molar-refractivity contribution in [3.8, 4) is 0 Å². The van der Waals surface area contributed by atoms with Crippen LogP contribution in [0.2, 0.25) is 0 Å². The topological polar surface area (TPSA) is 52.6 Å². The summed E-state index contributed by atoms with van der Waals surface area (Å²) < 4.78 is 13.7. The Labute approximate surface area is 183 Å². The molecule has 4 heterocycles. The Hall–Kier alpha value is -2.70. The first-order valence-corrected chi connectivity index (χ1v) is 11.5. The molecule has 1 aromatic carbocycles. The van der Waals surface area contributed by atoms with Crippen LogP contribution in [0.15, 0.2) is 24.3 Å². The van der Waals surface area contributed by atoms with Crippen LogP contribution in [-0.4, -0.2) is 53.5 Å². The molecule has 0 N–H and O–H groups in total. The fraction of sp³-hybridized carbons (Fsp3) is 0.542. The van der Waals surface area contributed by atoms with E-state index in [1.807, 2.05) is 4.90 Å². The summed E-state index contributed by atoms with van der Waals surface area (Å²) in [5, 5.41) is 0. The van der Waals surface area contributed by atoms with Crippen molar-refractivity contribution in [1.29, 1.82) is 0 Å². The summed E-state index contributed by atoms with van der Waals surface area (Å²) >= 11 is 0. The van der Waals surface area contributed by atoms with Crippen LogP contribution in [0.4, 0.5) is 16.2 Å². The first-order chi connectivity index (χ1) is 15.1. The SMILES string of the molecule is CC1CCN(c2nc(N3CCCC3)nc3c2CN(C(=O)c2cccc(F)c2)CC3)CC1. The highest BCUT2D eigenvalue weighted by molar-refractivity contribution is 5.94. The van der Waals surface area contributed by atoms with Crippen LogP contribution in [0.1, 0.15) is 54.2 Å². The zero-order valence-corrected chi connectivity index (χ0v) is 18.2. The molecule has 164 valence electrons. The monoisotopic (exact) mass is 423 g/mol. The minimum Gasteiger partial charge on any atom is -0.356 e. The molecule has 6 nitrogen and oxygen atoms in total. The van der Waals surface area contributed by atoms with Gasteiger partial charge in [0.05, 0.1) is 12.2 Å². The van der Waals surface area contributed by atoms with Crippen LogP contribution in [0.3, 0.4) is 0 Å². The van der Waals surface area contributed by atoms with Gasteiger partial charge in [-0.15, -0.1) is 0 Å². The summed E-state index contributed by atoms with van der Waals surface area (Å²) in [5.41, 5.74) is 2.52. The van der Waals surface area contributed by atoms with Crippen LogP contribution >= 0.6 is 0 Å². The van der Waals surface area contributed by atoms with Crippen molar-refractivity contribution >= 4 is 17.7 Å². The summed E-state index contributed by atoms with van der Waals surface area (Å²) in [6.07, 6.45) is 5.39. The van der Waals surface area contributed by atoms with Crippen molar-refractivity contribution in [3.05, 3.63) is 46.9 Å². The first kappa shape index (κ1) is 20.2. The lowest BCUT2D eigenvalue weighted by molar-refractivity contribution is 0.0733. The maximum absolute atomic E-state index is 13.7. The van der Waals surface area contributed by atoms with Gasteiger partial charge in [-0.2, -0.15) is 4.98 Å². The summed E-state index contributed by atoms with van der Waals surface area (Å²) in [4.78, 5) is 29.5. The Kier molecular flexibility index (Phi) is 5.50. The van der Waals surface area contributed by atoms with Crippen molar-refractivity contribution in [2.24, 2.45) is 5.92 Å². The van der Waals surface area contributed by atoms with E-state index in [1.165, 1.54) is 25.0 Å². The van der Waals surface area contributed by atoms with Crippen LogP contribution in [0.5, 0.6) is 0 Å². The van der Waals surface area contributed by atoms with E-state index in [1.54, 1.807) is 12.1 Å². The molecule has 0 spiro atoms. The van der Waals surface area contributed by atoms with Crippen molar-refractivity contribution in [1.82, 2.24) is 14.9 Å². The predicted molar refractivity (Wildman–Crippen MR) is 119 cm³/mol. The Morgan fingerprint density at radius 3 is 2.55 bits per heavy atom. The van der Waals surface area contributed by atoms with E-state index < -0.39 is 0 Å². The molecule has 0 unspecified atom stereocenters. The first-order valence-electron chi connectivity index (χ1n) is 11.5. The molecule has 1 aromatic heterocycles. The van der Waals surface area contributed by atoms with Gasteiger partial charge in [0.2, 0.25) is 5.95 Å². The second-order valence-electron chi connectivity index (χ2n) is 9.12. The maximum Gasteiger partial charge on any atom is 0.254 e. The smallest absolute Gasteiger partial charge is 0.254 e. The van der Waals surface area contributed by atoms with E-state index in [-0.39, 0.29) is 11.7 Å². The van der Waals surface area contributed by atoms with E-state index in [2.05, 4.69) is 16.7 Å². The molecule has 5 rings (SSSR count). The zero-order valence-electron chi connectivity index (χ0n) is 18.2. The molecule has 3 aliphatic heterocycles. The molecule has 2 aromatic rings. The number of benzene rings is 1. The molecule has 2 saturated heterocycles. The number of carbonyl (C=O) groups is 1. The number of rotatable bonds is 3. The molecule has 1 amide bonds. The number of carbonyl (C=O) groups excluding carboxylic acids is 1. The lowest BCUT2D eigenvalue weighted by Crippen LogP contribution is -2.40. The molecule has 0 saturated carbocycles. The molecule has 7 heteroatoms. The quantitative estimate of drug-likeness (QED) is 0.754. The number of aromatic nitrogens is 2. The van der Waals surface area contributed by atoms with Gasteiger partial charge in [-0.3, -0.25) is 4.79 Å². The van der Waals surface area contributed by atoms with E-state index in [9.17, 15) is 9.18 Å². The van der Waals surface area contributed by atoms with Gasteiger partial charge in [-0.05, 0) is 49.8 Å². The summed E-state index contributed by atoms with van der Waals surface area (Å²) in [6.45, 7) is 7.38. The van der Waals surface area contributed by atoms with Gasteiger partial charge in [-0.25, -0.2) is 9.37 Å². The number of piperidine rings is 1. The average molecular weight is 424 g/mol. The minimum absolute atomic E-state index is 0.132. The number of fused-ring (bicyclic) bond motifs is 1. The number of halogens is 1. The number of hydrogen-bond donors (Lipinski definition) is 0. The Bertz CT molecular complexity index is 966. The summed E-state index contributed by atoms with van der Waals surface area (Å²) in [7, 11) is 0. The Morgan fingerprint density at radius 2 is 1.81 bits per heavy atom. The van der Waals surface area contributed by atoms with E-state index in [4.69, 9.17) is 9.97 Å². The third kappa shape index (κ3) is 4.10. The van der Waals surface area contributed by atoms with E-state index in [0.29, 0.717) is 25.1 Å². The number of anilines is 2. The standard InChI is InChI=1S/C24H30FN5O/c1-17-7-12-28(13-8-17)22-20-16-30(23(31)18-5-4-6-19(25)15-18)14-9-21(20)26-24(27-22)29-10-2-3-11-29/h4-6,15,17H,2-3,7-14,16H2,1H3. The molecular formula is C24H30FN5O. The molecule has 0 atom stereocenters. The fourth-order valence-electron chi connectivity index (χ4n) is 4.90. The second kappa shape index (κ2) is 8.44. The molecular weight excluding hydrogens is 393 g/mol. The highest BCUT2D eigenvalue weighted by Crippen LogP contribution is 2.32. The lowest BCUT2D eigenvalue weighted by Gasteiger charge is -2.36. The van der Waals surface area contributed by atoms with Crippen LogP contribution in [-0.2, 0) is 13.0 Å². The number of hydrogen-bond acceptors (Lipinski definition) is 5. The van der Waals surface area contributed by atoms with E-state index >= 15 is 0 Å². The van der Waals surface area contributed by atoms with Crippen LogP contribution < -0.4 is 9.80 Å². The Morgan fingerprint density at radius 1 is 1.03 bits per heavy atom. The van der Waals surface area contributed by atoms with Gasteiger partial charge in [-0.1, -0.05) is 13.0 Å². The van der Waals surface area contributed by atoms with Crippen molar-refractivity contribution in [3.63, 3.8) is 0 Å². The highest BCUT2D eigenvalue weighted by atomic mass is 19.1. The molecule has 0 radical (unpaired) electrons. The largest absolute Gasteiger partial charge is 0.356 e. The Balaban J connectivity index is 1.47. The van der Waals surface area contributed by atoms with Crippen LogP contribution in [0, 0.1) is 11.7 Å². The molecule has 0 aliphatic carbocycles. The van der Waals surface area contributed by atoms with Crippen LogP contribution in [0.25, 0.3) is 0 Å². The van der Waals surface area contributed by atoms with Gasteiger partial charge >= 0.3 is 0 Å². The van der Waals surface area contributed by atoms with Crippen molar-refractivity contribution in [2.75, 3.05) is 42.5 Å². The summed E-state index contributed by atoms with van der Waals surface area (Å²) in [5.74, 6) is 2.06. The van der Waals surface area contributed by atoms with Gasteiger partial charge in [0.15, 0.2) is 0 Å². The lowest BCUT2D eigenvalue weighted by atomic mass is 9.98. The average Bonchev–Trinajstić information content (AvgIpc) is 3.33. The van der Waals surface area contributed by atoms with E-state index in [0.717, 1.165) is 68.0 Å². The molecule has 3 aliphatic rings. The normalized spacial score (nSPS) is 19.6. The summed E-state index contributed by atoms with van der Waals surface area (Å²) in [6, 6.07) is 5.95. The third-order valence-electron chi connectivity index (χ3n) is 6.86. The number of nitrogens with zero attached hydrogens (tertiary/aromatic N) is 5. The molecule has 2 fully saturated rings. The minimum atomic E-state index is -0.384. The van der Waals surface area contributed by atoms with Gasteiger partial charge in [0.1, 0.15) is 11.6 Å². The second-order valence-corrected chi connectivity index (χ2v) is 9.12. The zero-order chi connectivity index (χ0) is 21.4. The van der Waals surface area contributed by atoms with Crippen molar-refractivity contribution in [2.45, 2.75) is 45.6 Å². The highest BCUT2D eigenvalue weighted by Gasteiger charge is 2.30. The molecule has 0 bridgehead atoms. The third-order valence-corrected chi connectivity index (χ3v) is 6.86. The predicted octanol–water partition coefficient (Wildman–Crippen LogP) is 3.65. The van der Waals surface area contributed by atoms with Gasteiger partial charge in [0, 0.05) is 50.3 Å². The van der Waals surface area contributed by atoms with Gasteiger partial charge < -0.3 is 14.7 Å². The molecule has 31 heavy (non-hydrogen) atoms. The van der Waals surface area contributed by atoms with Gasteiger partial charge in [0.25, 0.3) is 5.91 Å². The fourth-order valence-corrected chi connectivity index (χ4v) is 4.90. The maximum atomic E-state index is 13.7.